The normalized spacial score (nSPS) is 21.1. The van der Waals surface area contributed by atoms with Crippen LogP contribution in [0.2, 0.25) is 0 Å². The van der Waals surface area contributed by atoms with Gasteiger partial charge in [-0.15, -0.1) is 0 Å². The number of anilines is 1. The molecule has 2 saturated heterocycles. The number of benzene rings is 1. The van der Waals surface area contributed by atoms with Gasteiger partial charge in [0.25, 0.3) is 0 Å². The summed E-state index contributed by atoms with van der Waals surface area (Å²) in [4.78, 5) is 32.7. The first kappa shape index (κ1) is 19.2. The third-order valence-corrected chi connectivity index (χ3v) is 6.61. The molecule has 2 amide bonds. The number of amides is 2. The number of hydrogen-bond acceptors (Lipinski definition) is 4. The van der Waals surface area contributed by atoms with E-state index in [4.69, 9.17) is 0 Å². The van der Waals surface area contributed by atoms with E-state index < -0.39 is 0 Å². The van der Waals surface area contributed by atoms with Crippen molar-refractivity contribution in [2.45, 2.75) is 26.2 Å². The van der Waals surface area contributed by atoms with E-state index in [-0.39, 0.29) is 11.8 Å². The van der Waals surface area contributed by atoms with Gasteiger partial charge in [0.05, 0.1) is 6.54 Å². The van der Waals surface area contributed by atoms with Crippen LogP contribution in [0.25, 0.3) is 0 Å². The van der Waals surface area contributed by atoms with Crippen LogP contribution in [0.1, 0.15) is 25.3 Å². The van der Waals surface area contributed by atoms with Crippen molar-refractivity contribution in [3.63, 3.8) is 0 Å². The molecule has 3 heterocycles. The molecule has 0 unspecified atom stereocenters. The van der Waals surface area contributed by atoms with Crippen molar-refractivity contribution in [1.82, 2.24) is 14.7 Å². The average molecular weight is 385 g/mol. The highest BCUT2D eigenvalue weighted by Crippen LogP contribution is 2.30. The van der Waals surface area contributed by atoms with Gasteiger partial charge in [-0.05, 0) is 49.9 Å². The highest BCUT2D eigenvalue weighted by molar-refractivity contribution is 5.79. The Balaban J connectivity index is 1.20. The van der Waals surface area contributed by atoms with Crippen LogP contribution in [0.15, 0.2) is 24.3 Å². The monoisotopic (exact) mass is 384 g/mol. The lowest BCUT2D eigenvalue weighted by Crippen LogP contribution is -2.52. The van der Waals surface area contributed by atoms with Crippen molar-refractivity contribution in [2.75, 3.05) is 63.8 Å². The lowest BCUT2D eigenvalue weighted by molar-refractivity contribution is -0.139. The first-order valence-electron chi connectivity index (χ1n) is 10.7. The summed E-state index contributed by atoms with van der Waals surface area (Å²) < 4.78 is 0. The molecular weight excluding hydrogens is 352 g/mol. The minimum Gasteiger partial charge on any atom is -0.371 e. The molecule has 0 radical (unpaired) electrons. The molecule has 28 heavy (non-hydrogen) atoms. The van der Waals surface area contributed by atoms with E-state index in [1.807, 2.05) is 9.80 Å². The van der Waals surface area contributed by atoms with Gasteiger partial charge in [0, 0.05) is 51.9 Å². The standard InChI is InChI=1S/C22H32N4O2/c1-18(27)24-12-14-25(15-13-24)22(28)17-23-9-6-19(7-10-23)16-26-11-8-20-4-2-3-5-21(20)26/h2-5,19H,6-17H2,1H3. The van der Waals surface area contributed by atoms with Gasteiger partial charge in [0.2, 0.25) is 11.8 Å². The highest BCUT2D eigenvalue weighted by Gasteiger charge is 2.28. The smallest absolute Gasteiger partial charge is 0.236 e. The van der Waals surface area contributed by atoms with Gasteiger partial charge in [-0.1, -0.05) is 18.2 Å². The van der Waals surface area contributed by atoms with Gasteiger partial charge in [-0.25, -0.2) is 0 Å². The molecule has 0 N–H and O–H groups in total. The van der Waals surface area contributed by atoms with Crippen LogP contribution in [-0.2, 0) is 16.0 Å². The number of piperidine rings is 1. The number of carbonyl (C=O) groups excluding carboxylic acids is 2. The van der Waals surface area contributed by atoms with Gasteiger partial charge in [-0.3, -0.25) is 14.5 Å². The number of likely N-dealkylation sites (tertiary alicyclic amines) is 1. The van der Waals surface area contributed by atoms with Crippen molar-refractivity contribution in [3.05, 3.63) is 29.8 Å². The molecule has 152 valence electrons. The average Bonchev–Trinajstić information content (AvgIpc) is 3.12. The second-order valence-corrected chi connectivity index (χ2v) is 8.43. The summed E-state index contributed by atoms with van der Waals surface area (Å²) in [6.07, 6.45) is 3.51. The van der Waals surface area contributed by atoms with Gasteiger partial charge < -0.3 is 14.7 Å². The largest absolute Gasteiger partial charge is 0.371 e. The van der Waals surface area contributed by atoms with Crippen LogP contribution >= 0.6 is 0 Å². The molecule has 2 fully saturated rings. The first-order chi connectivity index (χ1) is 13.6. The topological polar surface area (TPSA) is 47.1 Å². The van der Waals surface area contributed by atoms with Crippen molar-refractivity contribution in [1.29, 1.82) is 0 Å². The summed E-state index contributed by atoms with van der Waals surface area (Å²) in [6.45, 7) is 9.11. The fourth-order valence-electron chi connectivity index (χ4n) is 4.80. The molecule has 1 aromatic rings. The fraction of sp³-hybridized carbons (Fsp3) is 0.636. The lowest BCUT2D eigenvalue weighted by atomic mass is 9.96. The molecule has 3 aliphatic heterocycles. The third-order valence-electron chi connectivity index (χ3n) is 6.61. The predicted molar refractivity (Wildman–Crippen MR) is 110 cm³/mol. The van der Waals surface area contributed by atoms with Crippen LogP contribution < -0.4 is 4.90 Å². The minimum atomic E-state index is 0.106. The minimum absolute atomic E-state index is 0.106. The second-order valence-electron chi connectivity index (χ2n) is 8.43. The number of carbonyl (C=O) groups is 2. The molecule has 6 heteroatoms. The van der Waals surface area contributed by atoms with E-state index in [2.05, 4.69) is 34.1 Å². The summed E-state index contributed by atoms with van der Waals surface area (Å²) in [5.41, 5.74) is 2.90. The third kappa shape index (κ3) is 4.32. The zero-order chi connectivity index (χ0) is 19.5. The highest BCUT2D eigenvalue weighted by atomic mass is 16.2. The van der Waals surface area contributed by atoms with E-state index in [0.29, 0.717) is 32.7 Å². The molecular formula is C22H32N4O2. The number of fused-ring (bicyclic) bond motifs is 1. The van der Waals surface area contributed by atoms with Gasteiger partial charge in [0.15, 0.2) is 0 Å². The second kappa shape index (κ2) is 8.52. The number of rotatable bonds is 4. The van der Waals surface area contributed by atoms with Crippen LogP contribution in [0.3, 0.4) is 0 Å². The maximum absolute atomic E-state index is 12.6. The molecule has 3 aliphatic rings. The molecule has 1 aromatic carbocycles. The van der Waals surface area contributed by atoms with Crippen molar-refractivity contribution in [3.8, 4) is 0 Å². The molecule has 0 bridgehead atoms. The van der Waals surface area contributed by atoms with E-state index in [0.717, 1.165) is 32.1 Å². The van der Waals surface area contributed by atoms with Crippen molar-refractivity contribution in [2.24, 2.45) is 5.92 Å². The summed E-state index contributed by atoms with van der Waals surface area (Å²) in [7, 11) is 0. The maximum Gasteiger partial charge on any atom is 0.236 e. The van der Waals surface area contributed by atoms with Crippen LogP contribution in [0.5, 0.6) is 0 Å². The Kier molecular flexibility index (Phi) is 5.85. The van der Waals surface area contributed by atoms with Crippen molar-refractivity contribution >= 4 is 17.5 Å². The Morgan fingerprint density at radius 3 is 2.32 bits per heavy atom. The van der Waals surface area contributed by atoms with E-state index in [9.17, 15) is 9.59 Å². The van der Waals surface area contributed by atoms with E-state index in [1.165, 1.54) is 30.5 Å². The van der Waals surface area contributed by atoms with Gasteiger partial charge in [-0.2, -0.15) is 0 Å². The van der Waals surface area contributed by atoms with Gasteiger partial charge in [0.1, 0.15) is 0 Å². The Morgan fingerprint density at radius 1 is 0.929 bits per heavy atom. The summed E-state index contributed by atoms with van der Waals surface area (Å²) in [5, 5.41) is 0. The van der Waals surface area contributed by atoms with Crippen LogP contribution in [0.4, 0.5) is 5.69 Å². The number of para-hydroxylation sites is 1. The lowest BCUT2D eigenvalue weighted by Gasteiger charge is -2.37. The molecule has 0 atom stereocenters. The van der Waals surface area contributed by atoms with E-state index >= 15 is 0 Å². The first-order valence-corrected chi connectivity index (χ1v) is 10.7. The number of nitrogens with zero attached hydrogens (tertiary/aromatic N) is 4. The molecule has 6 nitrogen and oxygen atoms in total. The Bertz CT molecular complexity index is 706. The fourth-order valence-corrected chi connectivity index (χ4v) is 4.80. The predicted octanol–water partition coefficient (Wildman–Crippen LogP) is 1.45. The number of piperazine rings is 1. The molecule has 0 aliphatic carbocycles. The Labute approximate surface area is 168 Å². The maximum atomic E-state index is 12.6. The summed E-state index contributed by atoms with van der Waals surface area (Å²) in [6, 6.07) is 8.78. The SMILES string of the molecule is CC(=O)N1CCN(C(=O)CN2CCC(CN3CCc4ccccc43)CC2)CC1. The molecule has 4 rings (SSSR count). The van der Waals surface area contributed by atoms with Crippen LogP contribution in [-0.4, -0.2) is 85.4 Å². The Morgan fingerprint density at radius 2 is 1.61 bits per heavy atom. The zero-order valence-electron chi connectivity index (χ0n) is 17.0. The molecule has 0 spiro atoms. The molecule has 0 aromatic heterocycles. The zero-order valence-corrected chi connectivity index (χ0v) is 17.0. The summed E-state index contributed by atoms with van der Waals surface area (Å²) in [5.74, 6) is 1.04. The quantitative estimate of drug-likeness (QED) is 0.788. The van der Waals surface area contributed by atoms with Crippen molar-refractivity contribution < 1.29 is 9.59 Å². The molecule has 0 saturated carbocycles. The van der Waals surface area contributed by atoms with E-state index in [1.54, 1.807) is 6.92 Å². The Hall–Kier alpha value is -2.08. The number of hydrogen-bond donors (Lipinski definition) is 0. The summed E-state index contributed by atoms with van der Waals surface area (Å²) >= 11 is 0. The van der Waals surface area contributed by atoms with Crippen LogP contribution in [0, 0.1) is 5.92 Å². The van der Waals surface area contributed by atoms with Gasteiger partial charge >= 0.3 is 0 Å².